The molecule has 0 fully saturated rings. The molecule has 4 heterocycles. The molecule has 12 aromatic rings. The van der Waals surface area contributed by atoms with Gasteiger partial charge in [-0.15, -0.1) is 10.2 Å². The summed E-state index contributed by atoms with van der Waals surface area (Å²) in [6.07, 6.45) is 2.18. The fourth-order valence-corrected chi connectivity index (χ4v) is 8.93. The van der Waals surface area contributed by atoms with E-state index in [0.717, 1.165) is 56.6 Å². The largest absolute Gasteiger partial charge is 0.316 e. The van der Waals surface area contributed by atoms with Crippen molar-refractivity contribution in [3.63, 3.8) is 0 Å². The molecule has 0 aliphatic rings. The molecule has 0 amide bonds. The smallest absolute Gasteiger partial charge is 0.168 e. The summed E-state index contributed by atoms with van der Waals surface area (Å²) in [6, 6.07) is 71.2. The van der Waals surface area contributed by atoms with Crippen molar-refractivity contribution in [3.05, 3.63) is 206 Å². The second kappa shape index (κ2) is 12.8. The van der Waals surface area contributed by atoms with E-state index in [9.17, 15) is 0 Å². The average Bonchev–Trinajstić information content (AvgIpc) is 4.08. The molecule has 8 aromatic carbocycles. The van der Waals surface area contributed by atoms with E-state index in [4.69, 9.17) is 10.2 Å². The van der Waals surface area contributed by atoms with E-state index >= 15 is 0 Å². The molecule has 0 saturated heterocycles. The fourth-order valence-electron chi connectivity index (χ4n) is 8.93. The van der Waals surface area contributed by atoms with Crippen molar-refractivity contribution in [1.82, 2.24) is 28.5 Å². The van der Waals surface area contributed by atoms with Gasteiger partial charge >= 0.3 is 0 Å². The van der Waals surface area contributed by atoms with E-state index in [0.29, 0.717) is 0 Å². The van der Waals surface area contributed by atoms with Gasteiger partial charge in [0, 0.05) is 67.0 Å². The molecule has 58 heavy (non-hydrogen) atoms. The van der Waals surface area contributed by atoms with Crippen LogP contribution in [0.25, 0.3) is 100 Å². The Morgan fingerprint density at radius 1 is 0.310 bits per heavy atom. The van der Waals surface area contributed by atoms with Gasteiger partial charge < -0.3 is 13.7 Å². The Morgan fingerprint density at radius 2 is 0.793 bits per heavy atom. The Morgan fingerprint density at radius 3 is 1.41 bits per heavy atom. The Hall–Kier alpha value is -7.96. The van der Waals surface area contributed by atoms with Crippen LogP contribution in [0.15, 0.2) is 206 Å². The predicted octanol–water partition coefficient (Wildman–Crippen LogP) is 12.7. The monoisotopic (exact) mass is 742 g/mol. The Bertz CT molecular complexity index is 3410. The van der Waals surface area contributed by atoms with Crippen molar-refractivity contribution < 1.29 is 0 Å². The maximum Gasteiger partial charge on any atom is 0.168 e. The van der Waals surface area contributed by atoms with Crippen molar-refractivity contribution >= 4 is 54.5 Å². The van der Waals surface area contributed by atoms with E-state index in [1.54, 1.807) is 0 Å². The van der Waals surface area contributed by atoms with Gasteiger partial charge in [-0.1, -0.05) is 127 Å². The molecule has 0 aliphatic carbocycles. The number of fused-ring (bicyclic) bond motifs is 8. The number of hydrogen-bond acceptors (Lipinski definition) is 2. The first-order valence-corrected chi connectivity index (χ1v) is 19.6. The highest BCUT2D eigenvalue weighted by atomic mass is 15.3. The first-order valence-electron chi connectivity index (χ1n) is 19.6. The average molecular weight is 743 g/mol. The molecular weight excluding hydrogens is 709 g/mol. The van der Waals surface area contributed by atoms with Gasteiger partial charge in [0.05, 0.1) is 27.6 Å². The molecule has 4 aromatic heterocycles. The van der Waals surface area contributed by atoms with Crippen LogP contribution in [0.2, 0.25) is 0 Å². The number of para-hydroxylation sites is 3. The third-order valence-electron chi connectivity index (χ3n) is 11.5. The zero-order valence-electron chi connectivity index (χ0n) is 31.3. The third kappa shape index (κ3) is 4.85. The lowest BCUT2D eigenvalue weighted by Gasteiger charge is -2.15. The van der Waals surface area contributed by atoms with Crippen molar-refractivity contribution in [2.45, 2.75) is 0 Å². The lowest BCUT2D eigenvalue weighted by Crippen LogP contribution is -2.02. The highest BCUT2D eigenvalue weighted by Gasteiger charge is 2.23. The van der Waals surface area contributed by atoms with Crippen LogP contribution in [-0.2, 0) is 0 Å². The minimum atomic E-state index is 0.794. The zero-order valence-corrected chi connectivity index (χ0v) is 31.3. The molecule has 0 spiro atoms. The number of benzene rings is 8. The summed E-state index contributed by atoms with van der Waals surface area (Å²) in [7, 11) is 0. The second-order valence-corrected chi connectivity index (χ2v) is 14.8. The van der Waals surface area contributed by atoms with Crippen LogP contribution < -0.4 is 0 Å². The molecule has 0 atom stereocenters. The minimum absolute atomic E-state index is 0.794. The van der Waals surface area contributed by atoms with Crippen LogP contribution in [0, 0.1) is 0 Å². The van der Waals surface area contributed by atoms with Crippen LogP contribution >= 0.6 is 0 Å². The maximum absolute atomic E-state index is 4.75. The van der Waals surface area contributed by atoms with Crippen LogP contribution in [-0.4, -0.2) is 28.5 Å². The number of rotatable bonds is 6. The molecule has 0 N–H and O–H groups in total. The first kappa shape index (κ1) is 32.3. The van der Waals surface area contributed by atoms with E-state index in [1.165, 1.54) is 43.5 Å². The summed E-state index contributed by atoms with van der Waals surface area (Å²) in [4.78, 5) is 0. The van der Waals surface area contributed by atoms with E-state index in [2.05, 4.69) is 188 Å². The lowest BCUT2D eigenvalue weighted by molar-refractivity contribution is 1.07. The van der Waals surface area contributed by atoms with Crippen LogP contribution in [0.5, 0.6) is 0 Å². The van der Waals surface area contributed by atoms with Crippen LogP contribution in [0.1, 0.15) is 0 Å². The van der Waals surface area contributed by atoms with Crippen molar-refractivity contribution in [1.29, 1.82) is 0 Å². The van der Waals surface area contributed by atoms with Crippen LogP contribution in [0.4, 0.5) is 0 Å². The van der Waals surface area contributed by atoms with Gasteiger partial charge in [0.15, 0.2) is 11.6 Å². The SMILES string of the molecule is c1ccc(-c2nnc(-c3ccccc3)n2-c2ccc(-n3c4cc5c(ccn5-c5ccccc5)cc4c4ccc5c6ccccc6n(-c6ccccc6)c5c43)cc2)cc1. The normalized spacial score (nSPS) is 11.8. The van der Waals surface area contributed by atoms with Gasteiger partial charge in [-0.05, 0) is 72.8 Å². The van der Waals surface area contributed by atoms with Crippen molar-refractivity contribution in [3.8, 4) is 45.5 Å². The third-order valence-corrected chi connectivity index (χ3v) is 11.5. The molecule has 0 unspecified atom stereocenters. The van der Waals surface area contributed by atoms with Gasteiger partial charge in [0.2, 0.25) is 0 Å². The van der Waals surface area contributed by atoms with Crippen LogP contribution in [0.3, 0.4) is 0 Å². The Labute approximate surface area is 333 Å². The summed E-state index contributed by atoms with van der Waals surface area (Å²) >= 11 is 0. The predicted molar refractivity (Wildman–Crippen MR) is 238 cm³/mol. The van der Waals surface area contributed by atoms with Gasteiger partial charge in [-0.25, -0.2) is 0 Å². The Balaban J connectivity index is 1.17. The molecule has 0 bridgehead atoms. The van der Waals surface area contributed by atoms with Crippen molar-refractivity contribution in [2.75, 3.05) is 0 Å². The van der Waals surface area contributed by atoms with Gasteiger partial charge in [-0.2, -0.15) is 0 Å². The summed E-state index contributed by atoms with van der Waals surface area (Å²) in [5.41, 5.74) is 12.1. The molecular formula is C52H34N6. The zero-order chi connectivity index (χ0) is 38.2. The quantitative estimate of drug-likeness (QED) is 0.170. The lowest BCUT2D eigenvalue weighted by atomic mass is 10.1. The number of hydrogen-bond donors (Lipinski definition) is 0. The molecule has 0 radical (unpaired) electrons. The molecule has 6 nitrogen and oxygen atoms in total. The molecule has 0 saturated carbocycles. The summed E-state index contributed by atoms with van der Waals surface area (Å²) in [6.45, 7) is 0. The fraction of sp³-hybridized carbons (Fsp3) is 0. The van der Waals surface area contributed by atoms with Gasteiger partial charge in [-0.3, -0.25) is 4.57 Å². The van der Waals surface area contributed by atoms with Gasteiger partial charge in [0.1, 0.15) is 0 Å². The van der Waals surface area contributed by atoms with Gasteiger partial charge in [0.25, 0.3) is 0 Å². The van der Waals surface area contributed by atoms with Crippen molar-refractivity contribution in [2.24, 2.45) is 0 Å². The van der Waals surface area contributed by atoms with E-state index in [-0.39, 0.29) is 0 Å². The maximum atomic E-state index is 4.75. The Kier molecular flexibility index (Phi) is 7.13. The first-order chi connectivity index (χ1) is 28.8. The summed E-state index contributed by atoms with van der Waals surface area (Å²) < 4.78 is 9.37. The molecule has 6 heteroatoms. The second-order valence-electron chi connectivity index (χ2n) is 14.8. The number of aromatic nitrogens is 6. The van der Waals surface area contributed by atoms with E-state index in [1.807, 2.05) is 36.4 Å². The molecule has 272 valence electrons. The number of nitrogens with zero attached hydrogens (tertiary/aromatic N) is 6. The molecule has 12 rings (SSSR count). The van der Waals surface area contributed by atoms with E-state index < -0.39 is 0 Å². The minimum Gasteiger partial charge on any atom is -0.316 e. The highest BCUT2D eigenvalue weighted by molar-refractivity contribution is 6.25. The molecule has 0 aliphatic heterocycles. The topological polar surface area (TPSA) is 45.5 Å². The summed E-state index contributed by atoms with van der Waals surface area (Å²) in [5.74, 6) is 1.59. The highest BCUT2D eigenvalue weighted by Crippen LogP contribution is 2.43. The summed E-state index contributed by atoms with van der Waals surface area (Å²) in [5, 5.41) is 15.6. The standard InChI is InChI=1S/C52H34N6/c1-5-15-35(16-6-1)51-53-54-52(36-17-7-2-8-18-36)58(51)41-27-25-40(26-28-41)57-48-34-47-37(31-32-55(47)38-19-9-3-10-20-38)33-45(48)44-30-29-43-42-23-13-14-24-46(42)56(49(43)50(44)57)39-21-11-4-12-22-39/h1-34H.